The van der Waals surface area contributed by atoms with Crippen LogP contribution in [0.1, 0.15) is 77.0 Å². The maximum absolute atomic E-state index is 11.3. The Kier molecular flexibility index (Phi) is 5.08. The second-order valence-corrected chi connectivity index (χ2v) is 5.33. The third kappa shape index (κ3) is 4.18. The van der Waals surface area contributed by atoms with Crippen molar-refractivity contribution in [3.05, 3.63) is 11.3 Å². The maximum Gasteiger partial charge on any atom is 0.311 e. The molecule has 2 heteroatoms. The van der Waals surface area contributed by atoms with Crippen molar-refractivity contribution in [3.8, 4) is 0 Å². The van der Waals surface area contributed by atoms with E-state index < -0.39 is 0 Å². The molecule has 0 atom stereocenters. The Labute approximate surface area is 104 Å². The number of hydrogen-bond donors (Lipinski definition) is 0. The SMILES string of the molecule is O=C1CCC2=C(CCCCCCCCCC2)O1. The highest BCUT2D eigenvalue weighted by molar-refractivity contribution is 5.72. The summed E-state index contributed by atoms with van der Waals surface area (Å²) in [5.41, 5.74) is 1.44. The molecule has 1 aliphatic heterocycles. The van der Waals surface area contributed by atoms with Crippen LogP contribution in [0.15, 0.2) is 11.3 Å². The number of carbonyl (C=O) groups is 1. The minimum absolute atomic E-state index is 0.0177. The van der Waals surface area contributed by atoms with E-state index in [0.29, 0.717) is 6.42 Å². The van der Waals surface area contributed by atoms with Crippen molar-refractivity contribution in [2.24, 2.45) is 0 Å². The van der Waals surface area contributed by atoms with E-state index in [1.165, 1.54) is 56.9 Å². The molecule has 0 bridgehead atoms. The molecule has 0 radical (unpaired) electrons. The summed E-state index contributed by atoms with van der Waals surface area (Å²) in [5.74, 6) is 1.01. The van der Waals surface area contributed by atoms with Crippen LogP contribution in [-0.2, 0) is 9.53 Å². The minimum Gasteiger partial charge on any atom is -0.431 e. The van der Waals surface area contributed by atoms with E-state index >= 15 is 0 Å². The number of rotatable bonds is 0. The standard InChI is InChI=1S/C15H24O2/c16-15-12-11-13-9-7-5-3-1-2-4-6-8-10-14(13)17-15/h1-12H2. The van der Waals surface area contributed by atoms with Crippen molar-refractivity contribution in [3.63, 3.8) is 0 Å². The lowest BCUT2D eigenvalue weighted by atomic mass is 9.95. The predicted octanol–water partition coefficient (Wildman–Crippen LogP) is 4.49. The molecule has 2 rings (SSSR count). The summed E-state index contributed by atoms with van der Waals surface area (Å²) in [6.07, 6.45) is 14.3. The first-order valence-electron chi connectivity index (χ1n) is 7.28. The van der Waals surface area contributed by atoms with E-state index in [1.54, 1.807) is 0 Å². The summed E-state index contributed by atoms with van der Waals surface area (Å²) in [4.78, 5) is 11.3. The van der Waals surface area contributed by atoms with Crippen LogP contribution in [0, 0.1) is 0 Å². The Balaban J connectivity index is 1.96. The van der Waals surface area contributed by atoms with Gasteiger partial charge >= 0.3 is 5.97 Å². The van der Waals surface area contributed by atoms with Gasteiger partial charge < -0.3 is 4.74 Å². The Bertz CT molecular complexity index is 291. The monoisotopic (exact) mass is 236 g/mol. The summed E-state index contributed by atoms with van der Waals surface area (Å²) >= 11 is 0. The Morgan fingerprint density at radius 2 is 1.24 bits per heavy atom. The summed E-state index contributed by atoms with van der Waals surface area (Å²) in [6, 6.07) is 0. The molecular weight excluding hydrogens is 212 g/mol. The van der Waals surface area contributed by atoms with Crippen LogP contribution >= 0.6 is 0 Å². The highest BCUT2D eigenvalue weighted by Crippen LogP contribution is 2.29. The zero-order valence-corrected chi connectivity index (χ0v) is 10.8. The molecule has 0 N–H and O–H groups in total. The summed E-state index contributed by atoms with van der Waals surface area (Å²) in [7, 11) is 0. The fourth-order valence-corrected chi connectivity index (χ4v) is 2.83. The van der Waals surface area contributed by atoms with E-state index in [-0.39, 0.29) is 5.97 Å². The molecule has 0 aromatic heterocycles. The first kappa shape index (κ1) is 12.7. The molecule has 0 spiro atoms. The average molecular weight is 236 g/mol. The van der Waals surface area contributed by atoms with Gasteiger partial charge in [-0.05, 0) is 31.3 Å². The zero-order valence-electron chi connectivity index (χ0n) is 10.8. The van der Waals surface area contributed by atoms with Gasteiger partial charge in [-0.15, -0.1) is 0 Å². The molecule has 96 valence electrons. The van der Waals surface area contributed by atoms with Crippen molar-refractivity contribution in [1.82, 2.24) is 0 Å². The van der Waals surface area contributed by atoms with Gasteiger partial charge in [-0.2, -0.15) is 0 Å². The number of carbonyl (C=O) groups excluding carboxylic acids is 1. The van der Waals surface area contributed by atoms with Crippen molar-refractivity contribution in [1.29, 1.82) is 0 Å². The van der Waals surface area contributed by atoms with Crippen LogP contribution in [0.3, 0.4) is 0 Å². The number of allylic oxidation sites excluding steroid dienone is 2. The Morgan fingerprint density at radius 3 is 1.94 bits per heavy atom. The highest BCUT2D eigenvalue weighted by atomic mass is 16.5. The quantitative estimate of drug-likeness (QED) is 0.579. The van der Waals surface area contributed by atoms with Gasteiger partial charge in [-0.1, -0.05) is 38.5 Å². The lowest BCUT2D eigenvalue weighted by molar-refractivity contribution is -0.141. The molecule has 1 heterocycles. The van der Waals surface area contributed by atoms with Crippen LogP contribution < -0.4 is 0 Å². The van der Waals surface area contributed by atoms with Crippen LogP contribution in [0.5, 0.6) is 0 Å². The van der Waals surface area contributed by atoms with Gasteiger partial charge in [0.25, 0.3) is 0 Å². The number of ether oxygens (including phenoxy) is 1. The Hall–Kier alpha value is -0.790. The predicted molar refractivity (Wildman–Crippen MR) is 68.5 cm³/mol. The molecule has 2 aliphatic rings. The summed E-state index contributed by atoms with van der Waals surface area (Å²) < 4.78 is 5.43. The van der Waals surface area contributed by atoms with Crippen molar-refractivity contribution < 1.29 is 9.53 Å². The van der Waals surface area contributed by atoms with Gasteiger partial charge in [-0.3, -0.25) is 4.79 Å². The fourth-order valence-electron chi connectivity index (χ4n) is 2.83. The normalized spacial score (nSPS) is 24.4. The van der Waals surface area contributed by atoms with Crippen molar-refractivity contribution in [2.75, 3.05) is 0 Å². The molecule has 17 heavy (non-hydrogen) atoms. The average Bonchev–Trinajstić information content (AvgIpc) is 2.31. The zero-order chi connectivity index (χ0) is 11.9. The van der Waals surface area contributed by atoms with Gasteiger partial charge in [0.05, 0.1) is 0 Å². The van der Waals surface area contributed by atoms with Crippen LogP contribution in [0.25, 0.3) is 0 Å². The van der Waals surface area contributed by atoms with Crippen molar-refractivity contribution >= 4 is 5.97 Å². The van der Waals surface area contributed by atoms with Gasteiger partial charge in [-0.25, -0.2) is 0 Å². The van der Waals surface area contributed by atoms with E-state index in [1.807, 2.05) is 0 Å². The lowest BCUT2D eigenvalue weighted by Gasteiger charge is -2.20. The second kappa shape index (κ2) is 6.83. The van der Waals surface area contributed by atoms with E-state index in [9.17, 15) is 4.79 Å². The molecule has 0 saturated carbocycles. The molecule has 0 amide bonds. The lowest BCUT2D eigenvalue weighted by Crippen LogP contribution is -2.13. The van der Waals surface area contributed by atoms with Gasteiger partial charge in [0.2, 0.25) is 0 Å². The van der Waals surface area contributed by atoms with Crippen LogP contribution in [0.2, 0.25) is 0 Å². The van der Waals surface area contributed by atoms with Gasteiger partial charge in [0, 0.05) is 12.8 Å². The molecule has 0 unspecified atom stereocenters. The van der Waals surface area contributed by atoms with E-state index in [0.717, 1.165) is 25.0 Å². The largest absolute Gasteiger partial charge is 0.431 e. The first-order chi connectivity index (χ1) is 8.36. The topological polar surface area (TPSA) is 26.3 Å². The maximum atomic E-state index is 11.3. The van der Waals surface area contributed by atoms with Crippen LogP contribution in [0.4, 0.5) is 0 Å². The molecule has 2 nitrogen and oxygen atoms in total. The summed E-state index contributed by atoms with van der Waals surface area (Å²) in [6.45, 7) is 0. The third-order valence-electron chi connectivity index (χ3n) is 3.89. The number of hydrogen-bond acceptors (Lipinski definition) is 2. The first-order valence-corrected chi connectivity index (χ1v) is 7.28. The van der Waals surface area contributed by atoms with E-state index in [2.05, 4.69) is 0 Å². The fraction of sp³-hybridized carbons (Fsp3) is 0.800. The highest BCUT2D eigenvalue weighted by Gasteiger charge is 2.19. The molecule has 1 aliphatic carbocycles. The minimum atomic E-state index is -0.0177. The third-order valence-corrected chi connectivity index (χ3v) is 3.89. The van der Waals surface area contributed by atoms with E-state index in [4.69, 9.17) is 4.74 Å². The second-order valence-electron chi connectivity index (χ2n) is 5.33. The molecule has 0 aromatic carbocycles. The summed E-state index contributed by atoms with van der Waals surface area (Å²) in [5, 5.41) is 0. The van der Waals surface area contributed by atoms with Crippen LogP contribution in [-0.4, -0.2) is 5.97 Å². The molecule has 0 fully saturated rings. The van der Waals surface area contributed by atoms with Gasteiger partial charge in [0.15, 0.2) is 0 Å². The smallest absolute Gasteiger partial charge is 0.311 e. The molecular formula is C15H24O2. The Morgan fingerprint density at radius 1 is 0.647 bits per heavy atom. The number of esters is 1. The molecule has 0 saturated heterocycles. The van der Waals surface area contributed by atoms with Gasteiger partial charge in [0.1, 0.15) is 5.76 Å². The van der Waals surface area contributed by atoms with Crippen molar-refractivity contribution in [2.45, 2.75) is 77.0 Å². The molecule has 0 aromatic rings.